The first kappa shape index (κ1) is 20.1. The van der Waals surface area contributed by atoms with Gasteiger partial charge in [-0.25, -0.2) is 0 Å². The maximum atomic E-state index is 5.26. The Kier molecular flexibility index (Phi) is 7.18. The summed E-state index contributed by atoms with van der Waals surface area (Å²) in [6.45, 7) is 2.96. The molecule has 0 radical (unpaired) electrons. The molecule has 5 heteroatoms. The molecule has 1 fully saturated rings. The second-order valence-electron chi connectivity index (χ2n) is 7.13. The van der Waals surface area contributed by atoms with Crippen LogP contribution in [0.3, 0.4) is 0 Å². The van der Waals surface area contributed by atoms with Crippen LogP contribution in [0.25, 0.3) is 0 Å². The number of methoxy groups -OCH3 is 2. The summed E-state index contributed by atoms with van der Waals surface area (Å²) in [6, 6.07) is 16.8. The van der Waals surface area contributed by atoms with Gasteiger partial charge < -0.3 is 19.7 Å². The Hall–Kier alpha value is -2.69. The number of hydrogen-bond donors (Lipinski definition) is 1. The lowest BCUT2D eigenvalue weighted by Crippen LogP contribution is -2.40. The van der Waals surface area contributed by atoms with E-state index in [0.29, 0.717) is 5.92 Å². The van der Waals surface area contributed by atoms with Crippen molar-refractivity contribution in [1.82, 2.24) is 10.2 Å². The molecule has 1 aliphatic heterocycles. The van der Waals surface area contributed by atoms with Gasteiger partial charge in [0.05, 0.1) is 14.2 Å². The van der Waals surface area contributed by atoms with Crippen LogP contribution in [-0.2, 0) is 6.42 Å². The number of hydrogen-bond acceptors (Lipinski definition) is 3. The SMILES string of the molecule is CN=C(NCCCc1ccc(OC)cc1)N1CCC(c2ccc(OC)cc2)C1. The Morgan fingerprint density at radius 2 is 1.68 bits per heavy atom. The van der Waals surface area contributed by atoms with E-state index in [1.165, 1.54) is 11.1 Å². The fourth-order valence-electron chi connectivity index (χ4n) is 3.72. The van der Waals surface area contributed by atoms with Gasteiger partial charge in [0.15, 0.2) is 5.96 Å². The van der Waals surface area contributed by atoms with Crippen molar-refractivity contribution < 1.29 is 9.47 Å². The molecule has 1 unspecified atom stereocenters. The fraction of sp³-hybridized carbons (Fsp3) is 0.435. The Bertz CT molecular complexity index is 756. The van der Waals surface area contributed by atoms with Crippen LogP contribution in [0, 0.1) is 0 Å². The first-order valence-corrected chi connectivity index (χ1v) is 9.96. The minimum Gasteiger partial charge on any atom is -0.497 e. The predicted octanol–water partition coefficient (Wildman–Crippen LogP) is 3.70. The van der Waals surface area contributed by atoms with Crippen LogP contribution in [0.2, 0.25) is 0 Å². The monoisotopic (exact) mass is 381 g/mol. The quantitative estimate of drug-likeness (QED) is 0.451. The van der Waals surface area contributed by atoms with E-state index < -0.39 is 0 Å². The van der Waals surface area contributed by atoms with Crippen LogP contribution < -0.4 is 14.8 Å². The average molecular weight is 382 g/mol. The number of aryl methyl sites for hydroxylation is 1. The Labute approximate surface area is 168 Å². The van der Waals surface area contributed by atoms with Crippen molar-refractivity contribution in [3.63, 3.8) is 0 Å². The van der Waals surface area contributed by atoms with E-state index in [1.54, 1.807) is 14.2 Å². The molecule has 0 amide bonds. The zero-order valence-corrected chi connectivity index (χ0v) is 17.1. The summed E-state index contributed by atoms with van der Waals surface area (Å²) in [7, 11) is 5.27. The van der Waals surface area contributed by atoms with Crippen LogP contribution in [0.1, 0.15) is 29.9 Å². The predicted molar refractivity (Wildman–Crippen MR) is 115 cm³/mol. The highest BCUT2D eigenvalue weighted by Crippen LogP contribution is 2.28. The summed E-state index contributed by atoms with van der Waals surface area (Å²) in [5.41, 5.74) is 2.71. The molecule has 1 heterocycles. The van der Waals surface area contributed by atoms with Gasteiger partial charge in [-0.3, -0.25) is 4.99 Å². The van der Waals surface area contributed by atoms with Crippen molar-refractivity contribution in [3.05, 3.63) is 59.7 Å². The first-order valence-electron chi connectivity index (χ1n) is 9.96. The summed E-state index contributed by atoms with van der Waals surface area (Å²) in [4.78, 5) is 6.85. The highest BCUT2D eigenvalue weighted by molar-refractivity contribution is 5.80. The smallest absolute Gasteiger partial charge is 0.193 e. The van der Waals surface area contributed by atoms with Gasteiger partial charge in [-0.15, -0.1) is 0 Å². The van der Waals surface area contributed by atoms with Crippen molar-refractivity contribution in [2.75, 3.05) is 40.9 Å². The number of nitrogens with zero attached hydrogens (tertiary/aromatic N) is 2. The number of aliphatic imine (C=N–C) groups is 1. The molecule has 3 rings (SSSR count). The minimum atomic E-state index is 0.545. The van der Waals surface area contributed by atoms with Gasteiger partial charge in [0.2, 0.25) is 0 Å². The lowest BCUT2D eigenvalue weighted by molar-refractivity contribution is 0.414. The molecule has 1 aliphatic rings. The molecule has 1 atom stereocenters. The topological polar surface area (TPSA) is 46.1 Å². The molecule has 0 aromatic heterocycles. The highest BCUT2D eigenvalue weighted by atomic mass is 16.5. The minimum absolute atomic E-state index is 0.545. The molecule has 0 bridgehead atoms. The number of nitrogens with one attached hydrogen (secondary N) is 1. The van der Waals surface area contributed by atoms with Crippen LogP contribution in [-0.4, -0.2) is 51.8 Å². The normalized spacial score (nSPS) is 16.9. The Morgan fingerprint density at radius 3 is 2.29 bits per heavy atom. The highest BCUT2D eigenvalue weighted by Gasteiger charge is 2.25. The maximum Gasteiger partial charge on any atom is 0.193 e. The standard InChI is InChI=1S/C23H31N3O2/c1-24-23(25-15-4-5-18-6-10-21(27-2)11-7-18)26-16-14-20(17-26)19-8-12-22(28-3)13-9-19/h6-13,20H,4-5,14-17H2,1-3H3,(H,24,25). The van der Waals surface area contributed by atoms with E-state index in [4.69, 9.17) is 9.47 Å². The van der Waals surface area contributed by atoms with Crippen molar-refractivity contribution >= 4 is 5.96 Å². The third kappa shape index (κ3) is 5.18. The van der Waals surface area contributed by atoms with E-state index in [-0.39, 0.29) is 0 Å². The molecule has 2 aromatic rings. The van der Waals surface area contributed by atoms with Crippen molar-refractivity contribution in [2.24, 2.45) is 4.99 Å². The molecule has 0 saturated carbocycles. The first-order chi connectivity index (χ1) is 13.7. The van der Waals surface area contributed by atoms with Crippen LogP contribution in [0.5, 0.6) is 11.5 Å². The number of likely N-dealkylation sites (tertiary alicyclic amines) is 1. The zero-order chi connectivity index (χ0) is 19.8. The lowest BCUT2D eigenvalue weighted by Gasteiger charge is -2.22. The Morgan fingerprint density at radius 1 is 1.04 bits per heavy atom. The Balaban J connectivity index is 1.44. The number of benzene rings is 2. The van der Waals surface area contributed by atoms with Gasteiger partial charge in [-0.2, -0.15) is 0 Å². The van der Waals surface area contributed by atoms with Crippen molar-refractivity contribution in [2.45, 2.75) is 25.2 Å². The number of rotatable bonds is 7. The summed E-state index contributed by atoms with van der Waals surface area (Å²) >= 11 is 0. The van der Waals surface area contributed by atoms with E-state index >= 15 is 0 Å². The van der Waals surface area contributed by atoms with Gasteiger partial charge in [0, 0.05) is 32.6 Å². The summed E-state index contributed by atoms with van der Waals surface area (Å²) < 4.78 is 10.5. The molecule has 1 saturated heterocycles. The second kappa shape index (κ2) is 10.0. The third-order valence-corrected chi connectivity index (χ3v) is 5.37. The van der Waals surface area contributed by atoms with E-state index in [1.807, 2.05) is 31.3 Å². The van der Waals surface area contributed by atoms with E-state index in [2.05, 4.69) is 39.5 Å². The van der Waals surface area contributed by atoms with E-state index in [9.17, 15) is 0 Å². The molecular formula is C23H31N3O2. The number of ether oxygens (including phenoxy) is 2. The molecule has 5 nitrogen and oxygen atoms in total. The second-order valence-corrected chi connectivity index (χ2v) is 7.13. The maximum absolute atomic E-state index is 5.26. The largest absolute Gasteiger partial charge is 0.497 e. The average Bonchev–Trinajstić information content (AvgIpc) is 3.24. The van der Waals surface area contributed by atoms with Crippen molar-refractivity contribution in [3.8, 4) is 11.5 Å². The van der Waals surface area contributed by atoms with Crippen molar-refractivity contribution in [1.29, 1.82) is 0 Å². The molecule has 28 heavy (non-hydrogen) atoms. The molecule has 0 aliphatic carbocycles. The molecular weight excluding hydrogens is 350 g/mol. The lowest BCUT2D eigenvalue weighted by atomic mass is 9.98. The van der Waals surface area contributed by atoms with Gasteiger partial charge in [0.25, 0.3) is 0 Å². The van der Waals surface area contributed by atoms with Gasteiger partial charge in [0.1, 0.15) is 11.5 Å². The molecule has 150 valence electrons. The van der Waals surface area contributed by atoms with Crippen LogP contribution >= 0.6 is 0 Å². The summed E-state index contributed by atoms with van der Waals surface area (Å²) in [6.07, 6.45) is 3.27. The molecule has 0 spiro atoms. The molecule has 2 aromatic carbocycles. The van der Waals surface area contributed by atoms with E-state index in [0.717, 1.165) is 56.4 Å². The summed E-state index contributed by atoms with van der Waals surface area (Å²) in [5, 5.41) is 3.53. The van der Waals surface area contributed by atoms with Gasteiger partial charge in [-0.1, -0.05) is 24.3 Å². The van der Waals surface area contributed by atoms with Gasteiger partial charge >= 0.3 is 0 Å². The molecule has 1 N–H and O–H groups in total. The van der Waals surface area contributed by atoms with Gasteiger partial charge in [-0.05, 0) is 54.7 Å². The van der Waals surface area contributed by atoms with Crippen LogP contribution in [0.4, 0.5) is 0 Å². The zero-order valence-electron chi connectivity index (χ0n) is 17.1. The number of guanidine groups is 1. The van der Waals surface area contributed by atoms with Crippen LogP contribution in [0.15, 0.2) is 53.5 Å². The summed E-state index contributed by atoms with van der Waals surface area (Å²) in [5.74, 6) is 3.37. The third-order valence-electron chi connectivity index (χ3n) is 5.37. The fourth-order valence-corrected chi connectivity index (χ4v) is 3.72.